The summed E-state index contributed by atoms with van der Waals surface area (Å²) in [6, 6.07) is 3.93. The van der Waals surface area contributed by atoms with Gasteiger partial charge in [0.25, 0.3) is 0 Å². The molecule has 0 aliphatic rings. The lowest BCUT2D eigenvalue weighted by Crippen LogP contribution is -2.01. The Kier molecular flexibility index (Phi) is 4.34. The summed E-state index contributed by atoms with van der Waals surface area (Å²) in [7, 11) is 0. The molecule has 2 aromatic rings. The summed E-state index contributed by atoms with van der Waals surface area (Å²) >= 11 is 5.44. The van der Waals surface area contributed by atoms with Crippen LogP contribution >= 0.6 is 27.7 Å². The molecule has 0 saturated heterocycles. The van der Waals surface area contributed by atoms with E-state index in [0.29, 0.717) is 0 Å². The molecule has 5 heteroatoms. The maximum atomic E-state index is 5.31. The molecule has 2 heterocycles. The number of aryl methyl sites for hydroxylation is 2. The second-order valence-corrected chi connectivity index (χ2v) is 5.51. The van der Waals surface area contributed by atoms with E-state index in [9.17, 15) is 0 Å². The normalized spacial score (nSPS) is 11.0. The molecule has 92 valence electrons. The number of hydrogen-bond acceptors (Lipinski definition) is 3. The van der Waals surface area contributed by atoms with Crippen LogP contribution in [0.15, 0.2) is 27.3 Å². The minimum Gasteiger partial charge on any atom is -0.468 e. The molecule has 0 fully saturated rings. The third-order valence-corrected chi connectivity index (χ3v) is 4.51. The van der Waals surface area contributed by atoms with Gasteiger partial charge in [0, 0.05) is 12.3 Å². The van der Waals surface area contributed by atoms with Gasteiger partial charge in [-0.3, -0.25) is 4.68 Å². The van der Waals surface area contributed by atoms with Crippen molar-refractivity contribution in [1.29, 1.82) is 0 Å². The molecule has 0 spiro atoms. The smallest absolute Gasteiger partial charge is 0.113 e. The van der Waals surface area contributed by atoms with Crippen molar-refractivity contribution in [2.24, 2.45) is 0 Å². The van der Waals surface area contributed by atoms with Gasteiger partial charge in [-0.25, -0.2) is 0 Å². The molecule has 0 amide bonds. The molecule has 0 N–H and O–H groups in total. The van der Waals surface area contributed by atoms with Gasteiger partial charge in [0.2, 0.25) is 0 Å². The molecule has 0 aromatic carbocycles. The van der Waals surface area contributed by atoms with Crippen molar-refractivity contribution in [3.05, 3.63) is 40.0 Å². The first kappa shape index (κ1) is 12.8. The topological polar surface area (TPSA) is 31.0 Å². The Morgan fingerprint density at radius 1 is 1.47 bits per heavy atom. The Hall–Kier alpha value is -0.680. The highest BCUT2D eigenvalue weighted by Crippen LogP contribution is 2.26. The number of nitrogens with zero attached hydrogens (tertiary/aromatic N) is 2. The third kappa shape index (κ3) is 2.96. The third-order valence-electron chi connectivity index (χ3n) is 2.52. The molecule has 3 nitrogen and oxygen atoms in total. The number of hydrogen-bond donors (Lipinski definition) is 0. The largest absolute Gasteiger partial charge is 0.468 e. The predicted octanol–water partition coefficient (Wildman–Crippen LogP) is 4.00. The minimum absolute atomic E-state index is 0.896. The van der Waals surface area contributed by atoms with E-state index in [-0.39, 0.29) is 0 Å². The number of furan rings is 1. The first-order valence-corrected chi connectivity index (χ1v) is 7.49. The van der Waals surface area contributed by atoms with Crippen LogP contribution in [0.1, 0.15) is 24.1 Å². The zero-order chi connectivity index (χ0) is 12.3. The summed E-state index contributed by atoms with van der Waals surface area (Å²) < 4.78 is 8.49. The minimum atomic E-state index is 0.896. The number of halogens is 1. The predicted molar refractivity (Wildman–Crippen MR) is 74.0 cm³/mol. The molecular weight excluding hydrogens is 300 g/mol. The van der Waals surface area contributed by atoms with Crippen molar-refractivity contribution in [2.45, 2.75) is 31.9 Å². The molecule has 0 atom stereocenters. The van der Waals surface area contributed by atoms with E-state index >= 15 is 0 Å². The van der Waals surface area contributed by atoms with Crippen LogP contribution < -0.4 is 0 Å². The summed E-state index contributed by atoms with van der Waals surface area (Å²) in [4.78, 5) is 0. The van der Waals surface area contributed by atoms with Crippen LogP contribution in [0.3, 0.4) is 0 Å². The van der Waals surface area contributed by atoms with Gasteiger partial charge in [-0.2, -0.15) is 5.10 Å². The molecule has 0 saturated carbocycles. The van der Waals surface area contributed by atoms with Crippen molar-refractivity contribution < 1.29 is 4.42 Å². The molecule has 0 unspecified atom stereocenters. The summed E-state index contributed by atoms with van der Waals surface area (Å²) in [5.41, 5.74) is 2.31. The monoisotopic (exact) mass is 314 g/mol. The number of thioether (sulfide) groups is 1. The van der Waals surface area contributed by atoms with Gasteiger partial charge in [-0.05, 0) is 41.9 Å². The Morgan fingerprint density at radius 3 is 2.94 bits per heavy atom. The lowest BCUT2D eigenvalue weighted by Gasteiger charge is -2.04. The van der Waals surface area contributed by atoms with E-state index in [0.717, 1.165) is 34.0 Å². The first-order chi connectivity index (χ1) is 8.22. The Bertz CT molecular complexity index is 479. The molecular formula is C12H15BrN2OS. The van der Waals surface area contributed by atoms with Crippen LogP contribution in [0.25, 0.3) is 0 Å². The second-order valence-electron chi connectivity index (χ2n) is 3.73. The molecule has 0 aliphatic carbocycles. The van der Waals surface area contributed by atoms with Crippen LogP contribution in [0.5, 0.6) is 0 Å². The second kappa shape index (κ2) is 5.78. The van der Waals surface area contributed by atoms with Crippen molar-refractivity contribution in [1.82, 2.24) is 9.78 Å². The van der Waals surface area contributed by atoms with Gasteiger partial charge in [-0.15, -0.1) is 11.8 Å². The van der Waals surface area contributed by atoms with Gasteiger partial charge in [0.15, 0.2) is 0 Å². The fourth-order valence-electron chi connectivity index (χ4n) is 1.65. The van der Waals surface area contributed by atoms with Crippen molar-refractivity contribution in [3.63, 3.8) is 0 Å². The highest BCUT2D eigenvalue weighted by molar-refractivity contribution is 9.10. The zero-order valence-corrected chi connectivity index (χ0v) is 12.3. The van der Waals surface area contributed by atoms with Crippen LogP contribution in [0.4, 0.5) is 0 Å². The molecule has 17 heavy (non-hydrogen) atoms. The van der Waals surface area contributed by atoms with E-state index in [1.54, 1.807) is 6.26 Å². The molecule has 0 aliphatic heterocycles. The van der Waals surface area contributed by atoms with Crippen molar-refractivity contribution in [3.8, 4) is 0 Å². The van der Waals surface area contributed by atoms with Gasteiger partial charge in [0.1, 0.15) is 5.76 Å². The maximum Gasteiger partial charge on any atom is 0.113 e. The zero-order valence-electron chi connectivity index (χ0n) is 9.94. The Labute approximate surface area is 114 Å². The van der Waals surface area contributed by atoms with E-state index in [4.69, 9.17) is 4.42 Å². The fraction of sp³-hybridized carbons (Fsp3) is 0.417. The van der Waals surface area contributed by atoms with Gasteiger partial charge >= 0.3 is 0 Å². The lowest BCUT2D eigenvalue weighted by molar-refractivity contribution is 0.530. The lowest BCUT2D eigenvalue weighted by atomic mass is 10.4. The molecule has 0 radical (unpaired) electrons. The SMILES string of the molecule is CCn1nc(C)c(Br)c1CSCc1ccco1. The quantitative estimate of drug-likeness (QED) is 0.835. The van der Waals surface area contributed by atoms with Gasteiger partial charge in [-0.1, -0.05) is 0 Å². The Balaban J connectivity index is 1.98. The number of rotatable bonds is 5. The molecule has 2 rings (SSSR count). The van der Waals surface area contributed by atoms with Gasteiger partial charge < -0.3 is 4.42 Å². The Morgan fingerprint density at radius 2 is 2.29 bits per heavy atom. The standard InChI is InChI=1S/C12H15BrN2OS/c1-3-15-11(12(13)9(2)14-15)8-17-7-10-5-4-6-16-10/h4-6H,3,7-8H2,1-2H3. The highest BCUT2D eigenvalue weighted by Gasteiger charge is 2.11. The van der Waals surface area contributed by atoms with Crippen LogP contribution in [0.2, 0.25) is 0 Å². The molecule has 2 aromatic heterocycles. The van der Waals surface area contributed by atoms with Crippen LogP contribution in [0, 0.1) is 6.92 Å². The summed E-state index contributed by atoms with van der Waals surface area (Å²) in [6.07, 6.45) is 1.71. The van der Waals surface area contributed by atoms with Crippen LogP contribution in [-0.4, -0.2) is 9.78 Å². The van der Waals surface area contributed by atoms with Gasteiger partial charge in [0.05, 0.1) is 27.9 Å². The van der Waals surface area contributed by atoms with E-state index in [2.05, 4.69) is 32.6 Å². The van der Waals surface area contributed by atoms with E-state index in [1.165, 1.54) is 5.69 Å². The summed E-state index contributed by atoms with van der Waals surface area (Å²) in [6.45, 7) is 5.04. The average molecular weight is 315 g/mol. The first-order valence-electron chi connectivity index (χ1n) is 5.54. The number of aromatic nitrogens is 2. The van der Waals surface area contributed by atoms with Crippen molar-refractivity contribution >= 4 is 27.7 Å². The van der Waals surface area contributed by atoms with Crippen LogP contribution in [-0.2, 0) is 18.1 Å². The average Bonchev–Trinajstić information content (AvgIpc) is 2.92. The van der Waals surface area contributed by atoms with E-state index < -0.39 is 0 Å². The van der Waals surface area contributed by atoms with E-state index in [1.807, 2.05) is 30.8 Å². The molecule has 0 bridgehead atoms. The summed E-state index contributed by atoms with van der Waals surface area (Å²) in [5.74, 6) is 2.86. The summed E-state index contributed by atoms with van der Waals surface area (Å²) in [5, 5.41) is 4.48. The highest BCUT2D eigenvalue weighted by atomic mass is 79.9. The fourth-order valence-corrected chi connectivity index (χ4v) is 3.21. The maximum absolute atomic E-state index is 5.31. The van der Waals surface area contributed by atoms with Crippen molar-refractivity contribution in [2.75, 3.05) is 0 Å².